The van der Waals surface area contributed by atoms with Crippen molar-refractivity contribution in [2.75, 3.05) is 10.6 Å². The fourth-order valence-electron chi connectivity index (χ4n) is 2.05. The van der Waals surface area contributed by atoms with Gasteiger partial charge in [-0.05, 0) is 12.1 Å². The molecule has 1 unspecified atom stereocenters. The summed E-state index contributed by atoms with van der Waals surface area (Å²) in [6, 6.07) is 17.0. The molecule has 1 aliphatic rings. The third-order valence-corrected chi connectivity index (χ3v) is 3.41. The molecule has 0 saturated carbocycles. The summed E-state index contributed by atoms with van der Waals surface area (Å²) in [4.78, 5) is 0.354. The minimum absolute atomic E-state index is 0.354. The van der Waals surface area contributed by atoms with E-state index in [1.807, 2.05) is 54.6 Å². The minimum atomic E-state index is -1.36. The van der Waals surface area contributed by atoms with Crippen LogP contribution < -0.4 is 10.6 Å². The monoisotopic (exact) mass is 256 g/mol. The van der Waals surface area contributed by atoms with Crippen LogP contribution in [0.4, 0.5) is 11.4 Å². The number of nitrogens with one attached hydrogen (secondary N) is 2. The van der Waals surface area contributed by atoms with Crippen LogP contribution in [0.15, 0.2) is 54.6 Å². The van der Waals surface area contributed by atoms with E-state index in [-0.39, 0.29) is 0 Å². The van der Waals surface area contributed by atoms with Gasteiger partial charge in [-0.15, -0.1) is 0 Å². The van der Waals surface area contributed by atoms with Crippen LogP contribution in [0, 0.1) is 0 Å². The molecule has 0 spiro atoms. The third kappa shape index (κ3) is 1.66. The number of fused-ring (bicyclic) bond motifs is 1. The van der Waals surface area contributed by atoms with Gasteiger partial charge in [-0.2, -0.15) is 0 Å². The van der Waals surface area contributed by atoms with E-state index < -0.39 is 5.72 Å². The summed E-state index contributed by atoms with van der Waals surface area (Å²) in [6.07, 6.45) is 0. The lowest BCUT2D eigenvalue weighted by Gasteiger charge is -2.36. The summed E-state index contributed by atoms with van der Waals surface area (Å²) in [5, 5.41) is 16.9. The quantitative estimate of drug-likeness (QED) is 0.686. The summed E-state index contributed by atoms with van der Waals surface area (Å²) in [5.41, 5.74) is 1.07. The lowest BCUT2D eigenvalue weighted by Crippen LogP contribution is -2.48. The zero-order valence-electron chi connectivity index (χ0n) is 9.55. The molecule has 1 aliphatic heterocycles. The van der Waals surface area contributed by atoms with E-state index in [1.165, 1.54) is 0 Å². The summed E-state index contributed by atoms with van der Waals surface area (Å²) >= 11 is 5.28. The first kappa shape index (κ1) is 11.2. The van der Waals surface area contributed by atoms with E-state index in [9.17, 15) is 5.11 Å². The number of rotatable bonds is 1. The maximum Gasteiger partial charge on any atom is 0.214 e. The highest BCUT2D eigenvalue weighted by atomic mass is 32.1. The molecule has 18 heavy (non-hydrogen) atoms. The fourth-order valence-corrected chi connectivity index (χ4v) is 2.33. The molecular weight excluding hydrogens is 244 g/mol. The molecule has 90 valence electrons. The number of hydrogen-bond acceptors (Lipinski definition) is 3. The molecule has 0 radical (unpaired) electrons. The zero-order chi connectivity index (χ0) is 12.6. The highest BCUT2D eigenvalue weighted by molar-refractivity contribution is 7.80. The van der Waals surface area contributed by atoms with E-state index in [4.69, 9.17) is 12.2 Å². The van der Waals surface area contributed by atoms with Crippen molar-refractivity contribution in [3.8, 4) is 0 Å². The number of anilines is 2. The summed E-state index contributed by atoms with van der Waals surface area (Å²) < 4.78 is 0. The second-order valence-corrected chi connectivity index (χ2v) is 4.61. The first-order valence-electron chi connectivity index (χ1n) is 5.67. The highest BCUT2D eigenvalue weighted by Crippen LogP contribution is 2.35. The standard InChI is InChI=1S/C14H12N2OS/c17-14(10-6-2-1-3-7-10)13(18)15-11-8-4-5-9-12(11)16-14/h1-9,16-17H,(H,15,18). The van der Waals surface area contributed by atoms with E-state index >= 15 is 0 Å². The molecular formula is C14H12N2OS. The van der Waals surface area contributed by atoms with Crippen LogP contribution in [0.25, 0.3) is 0 Å². The topological polar surface area (TPSA) is 44.3 Å². The van der Waals surface area contributed by atoms with Gasteiger partial charge in [-0.25, -0.2) is 0 Å². The van der Waals surface area contributed by atoms with Crippen molar-refractivity contribution in [1.29, 1.82) is 0 Å². The number of hydrogen-bond donors (Lipinski definition) is 3. The zero-order valence-corrected chi connectivity index (χ0v) is 10.4. The molecule has 3 rings (SSSR count). The van der Waals surface area contributed by atoms with Gasteiger partial charge in [0, 0.05) is 5.56 Å². The summed E-state index contributed by atoms with van der Waals surface area (Å²) in [6.45, 7) is 0. The molecule has 0 fully saturated rings. The van der Waals surface area contributed by atoms with Crippen molar-refractivity contribution < 1.29 is 5.11 Å². The molecule has 3 nitrogen and oxygen atoms in total. The lowest BCUT2D eigenvalue weighted by molar-refractivity contribution is 0.144. The number of benzene rings is 2. The van der Waals surface area contributed by atoms with Gasteiger partial charge in [0.25, 0.3) is 0 Å². The first-order valence-corrected chi connectivity index (χ1v) is 6.07. The SMILES string of the molecule is OC1(c2ccccc2)Nc2ccccc2NC1=S. The van der Waals surface area contributed by atoms with Crippen molar-refractivity contribution in [2.24, 2.45) is 0 Å². The fraction of sp³-hybridized carbons (Fsp3) is 0.0714. The predicted molar refractivity (Wildman–Crippen MR) is 76.6 cm³/mol. The minimum Gasteiger partial charge on any atom is -0.361 e. The molecule has 0 bridgehead atoms. The Labute approximate surface area is 110 Å². The molecule has 2 aromatic rings. The van der Waals surface area contributed by atoms with Gasteiger partial charge in [0.15, 0.2) is 0 Å². The van der Waals surface area contributed by atoms with Gasteiger partial charge in [-0.3, -0.25) is 0 Å². The van der Waals surface area contributed by atoms with Crippen LogP contribution in [0.3, 0.4) is 0 Å². The molecule has 0 saturated heterocycles. The van der Waals surface area contributed by atoms with Crippen LogP contribution in [-0.2, 0) is 5.72 Å². The lowest BCUT2D eigenvalue weighted by atomic mass is 9.99. The van der Waals surface area contributed by atoms with Crippen LogP contribution in [0.1, 0.15) is 5.56 Å². The Bertz CT molecular complexity index is 600. The van der Waals surface area contributed by atoms with E-state index in [2.05, 4.69) is 10.6 Å². The van der Waals surface area contributed by atoms with Crippen LogP contribution in [-0.4, -0.2) is 10.1 Å². The smallest absolute Gasteiger partial charge is 0.214 e. The Kier molecular flexibility index (Phi) is 2.54. The molecule has 0 amide bonds. The molecule has 0 aliphatic carbocycles. The third-order valence-electron chi connectivity index (χ3n) is 3.01. The molecule has 1 heterocycles. The largest absolute Gasteiger partial charge is 0.361 e. The Morgan fingerprint density at radius 2 is 1.50 bits per heavy atom. The molecule has 2 aromatic carbocycles. The molecule has 4 heteroatoms. The van der Waals surface area contributed by atoms with Crippen LogP contribution in [0.5, 0.6) is 0 Å². The normalized spacial score (nSPS) is 21.7. The second-order valence-electron chi connectivity index (χ2n) is 4.20. The van der Waals surface area contributed by atoms with E-state index in [1.54, 1.807) is 0 Å². The Morgan fingerprint density at radius 3 is 2.22 bits per heavy atom. The second kappa shape index (κ2) is 4.08. The van der Waals surface area contributed by atoms with Gasteiger partial charge >= 0.3 is 0 Å². The predicted octanol–water partition coefficient (Wildman–Crippen LogP) is 2.70. The molecule has 3 N–H and O–H groups in total. The Balaban J connectivity index is 2.07. The number of aliphatic hydroxyl groups is 1. The van der Waals surface area contributed by atoms with Gasteiger partial charge in [-0.1, -0.05) is 54.7 Å². The average Bonchev–Trinajstić information content (AvgIpc) is 2.41. The van der Waals surface area contributed by atoms with Crippen LogP contribution >= 0.6 is 12.2 Å². The number of para-hydroxylation sites is 2. The van der Waals surface area contributed by atoms with Crippen molar-refractivity contribution in [3.05, 3.63) is 60.2 Å². The van der Waals surface area contributed by atoms with Gasteiger partial charge in [0.05, 0.1) is 11.4 Å². The van der Waals surface area contributed by atoms with Gasteiger partial charge in [0.2, 0.25) is 5.72 Å². The maximum atomic E-state index is 10.7. The highest BCUT2D eigenvalue weighted by Gasteiger charge is 2.38. The first-order chi connectivity index (χ1) is 8.70. The van der Waals surface area contributed by atoms with Gasteiger partial charge < -0.3 is 15.7 Å². The molecule has 1 atom stereocenters. The van der Waals surface area contributed by atoms with E-state index in [0.717, 1.165) is 16.9 Å². The van der Waals surface area contributed by atoms with E-state index in [0.29, 0.717) is 4.99 Å². The van der Waals surface area contributed by atoms with Crippen molar-refractivity contribution in [3.63, 3.8) is 0 Å². The van der Waals surface area contributed by atoms with Crippen LogP contribution in [0.2, 0.25) is 0 Å². The maximum absolute atomic E-state index is 10.7. The summed E-state index contributed by atoms with van der Waals surface area (Å²) in [7, 11) is 0. The van der Waals surface area contributed by atoms with Crippen molar-refractivity contribution in [1.82, 2.24) is 0 Å². The number of thiocarbonyl (C=S) groups is 1. The Morgan fingerprint density at radius 1 is 0.889 bits per heavy atom. The van der Waals surface area contributed by atoms with Gasteiger partial charge in [0.1, 0.15) is 4.99 Å². The summed E-state index contributed by atoms with van der Waals surface area (Å²) in [5.74, 6) is 0. The Hall–Kier alpha value is -1.91. The van der Waals surface area contributed by atoms with Crippen molar-refractivity contribution >= 4 is 28.6 Å². The average molecular weight is 256 g/mol. The molecule has 0 aromatic heterocycles. The van der Waals surface area contributed by atoms with Crippen molar-refractivity contribution in [2.45, 2.75) is 5.72 Å².